The molecular formula is C31H50O5. The molecule has 11 atom stereocenters. The van der Waals surface area contributed by atoms with Crippen LogP contribution in [0.2, 0.25) is 0 Å². The number of aliphatic hydroxyl groups is 3. The van der Waals surface area contributed by atoms with Crippen LogP contribution in [0.4, 0.5) is 0 Å². The Labute approximate surface area is 218 Å². The Morgan fingerprint density at radius 2 is 1.64 bits per heavy atom. The Morgan fingerprint density at radius 1 is 0.944 bits per heavy atom. The number of allylic oxidation sites excluding steroid dienone is 2. The molecule has 0 saturated heterocycles. The molecule has 0 heterocycles. The monoisotopic (exact) mass is 502 g/mol. The second-order valence-corrected chi connectivity index (χ2v) is 15.1. The molecule has 0 unspecified atom stereocenters. The number of hydrogen-bond donors (Lipinski definition) is 3. The Balaban J connectivity index is 1.57. The summed E-state index contributed by atoms with van der Waals surface area (Å²) in [6.45, 7) is 13.9. The number of ether oxygens (including phenoxy) is 1. The molecule has 0 aromatic carbocycles. The van der Waals surface area contributed by atoms with Crippen LogP contribution in [0.15, 0.2) is 11.6 Å². The van der Waals surface area contributed by atoms with Gasteiger partial charge in [-0.1, -0.05) is 46.3 Å². The zero-order chi connectivity index (χ0) is 26.5. The maximum absolute atomic E-state index is 12.9. The fraction of sp³-hybridized carbons (Fsp3) is 0.903. The lowest BCUT2D eigenvalue weighted by molar-refractivity contribution is -0.217. The molecule has 0 radical (unpaired) electrons. The minimum atomic E-state index is -0.873. The number of aliphatic hydroxyl groups excluding tert-OH is 3. The van der Waals surface area contributed by atoms with Gasteiger partial charge >= 0.3 is 5.97 Å². The average Bonchev–Trinajstić information content (AvgIpc) is 2.83. The van der Waals surface area contributed by atoms with Gasteiger partial charge in [0.2, 0.25) is 0 Å². The summed E-state index contributed by atoms with van der Waals surface area (Å²) < 4.78 is 5.19. The molecule has 5 rings (SSSR count). The quantitative estimate of drug-likeness (QED) is 0.354. The van der Waals surface area contributed by atoms with Gasteiger partial charge < -0.3 is 20.1 Å². The van der Waals surface area contributed by atoms with Crippen LogP contribution in [0.3, 0.4) is 0 Å². The third-order valence-electron chi connectivity index (χ3n) is 13.7. The zero-order valence-electron chi connectivity index (χ0n) is 23.7. The maximum atomic E-state index is 12.9. The van der Waals surface area contributed by atoms with E-state index in [1.54, 1.807) is 0 Å². The lowest BCUT2D eigenvalue weighted by atomic mass is 9.33. The molecule has 0 amide bonds. The molecule has 36 heavy (non-hydrogen) atoms. The molecule has 0 spiro atoms. The van der Waals surface area contributed by atoms with Gasteiger partial charge in [0.25, 0.3) is 0 Å². The summed E-state index contributed by atoms with van der Waals surface area (Å²) >= 11 is 0. The van der Waals surface area contributed by atoms with E-state index in [0.29, 0.717) is 24.7 Å². The van der Waals surface area contributed by atoms with Crippen molar-refractivity contribution in [3.8, 4) is 0 Å². The average molecular weight is 503 g/mol. The predicted octanol–water partition coefficient (Wildman–Crippen LogP) is 5.27. The lowest BCUT2D eigenvalue weighted by Crippen LogP contribution is -2.66. The molecule has 4 saturated carbocycles. The highest BCUT2D eigenvalue weighted by atomic mass is 16.5. The van der Waals surface area contributed by atoms with Crippen molar-refractivity contribution in [2.45, 2.75) is 112 Å². The first-order valence-electron chi connectivity index (χ1n) is 14.4. The first-order chi connectivity index (χ1) is 16.7. The van der Waals surface area contributed by atoms with Crippen molar-refractivity contribution >= 4 is 5.97 Å². The summed E-state index contributed by atoms with van der Waals surface area (Å²) in [4.78, 5) is 12.9. The lowest BCUT2D eigenvalue weighted by Gasteiger charge is -2.71. The van der Waals surface area contributed by atoms with E-state index in [0.717, 1.165) is 44.9 Å². The highest BCUT2D eigenvalue weighted by molar-refractivity contribution is 5.77. The van der Waals surface area contributed by atoms with E-state index in [1.165, 1.54) is 12.7 Å². The van der Waals surface area contributed by atoms with Crippen molar-refractivity contribution in [3.05, 3.63) is 11.6 Å². The summed E-state index contributed by atoms with van der Waals surface area (Å²) in [6.07, 6.45) is 9.84. The molecule has 4 fully saturated rings. The third-order valence-corrected chi connectivity index (χ3v) is 13.7. The van der Waals surface area contributed by atoms with E-state index in [2.05, 4.69) is 40.7 Å². The van der Waals surface area contributed by atoms with Crippen LogP contribution < -0.4 is 0 Å². The fourth-order valence-electron chi connectivity index (χ4n) is 10.9. The van der Waals surface area contributed by atoms with Gasteiger partial charge in [-0.05, 0) is 104 Å². The fourth-order valence-corrected chi connectivity index (χ4v) is 10.9. The number of carbonyl (C=O) groups excluding carboxylic acids is 1. The molecule has 204 valence electrons. The van der Waals surface area contributed by atoms with E-state index >= 15 is 0 Å². The van der Waals surface area contributed by atoms with Crippen LogP contribution in [-0.4, -0.2) is 47.2 Å². The van der Waals surface area contributed by atoms with Gasteiger partial charge in [0.05, 0.1) is 31.3 Å². The molecule has 3 N–H and O–H groups in total. The van der Waals surface area contributed by atoms with Gasteiger partial charge in [-0.25, -0.2) is 0 Å². The van der Waals surface area contributed by atoms with Gasteiger partial charge in [0.15, 0.2) is 0 Å². The molecular weight excluding hydrogens is 452 g/mol. The SMILES string of the molecule is COC(=O)[C@@]1(C)C[C@H]2C3=CC[C@@H]4[C@@]5(C)CC[C@H](O)[C@](C)(CO)[C@@H]5CC[C@@]4(C)[C@]3(C)CC[C@@]2(C)C[C@H]1O. The molecule has 5 aliphatic rings. The van der Waals surface area contributed by atoms with Crippen molar-refractivity contribution in [1.29, 1.82) is 0 Å². The van der Waals surface area contributed by atoms with Crippen LogP contribution in [0.1, 0.15) is 99.3 Å². The normalized spacial score (nSPS) is 56.4. The molecule has 5 heteroatoms. The number of carbonyl (C=O) groups is 1. The van der Waals surface area contributed by atoms with Crippen molar-refractivity contribution in [2.75, 3.05) is 13.7 Å². The van der Waals surface area contributed by atoms with Crippen molar-refractivity contribution in [1.82, 2.24) is 0 Å². The van der Waals surface area contributed by atoms with Gasteiger partial charge in [-0.2, -0.15) is 0 Å². The third kappa shape index (κ3) is 3.09. The van der Waals surface area contributed by atoms with E-state index in [4.69, 9.17) is 4.74 Å². The van der Waals surface area contributed by atoms with E-state index in [9.17, 15) is 20.1 Å². The molecule has 5 nitrogen and oxygen atoms in total. The summed E-state index contributed by atoms with van der Waals surface area (Å²) in [5, 5.41) is 32.5. The molecule has 0 bridgehead atoms. The molecule has 0 aliphatic heterocycles. The van der Waals surface area contributed by atoms with Gasteiger partial charge in [-0.3, -0.25) is 4.79 Å². The standard InChI is InChI=1S/C31H50O5/c1-26-14-15-30(5)19(20(26)16-28(3,24(34)17-26)25(35)36-7)8-9-22-27(2)12-11-23(33)29(4,18-32)21(27)10-13-31(22,30)6/h8,20-24,32-34H,9-18H2,1-7H3/t20-,21+,22+,23-,24+,26-,27-,28-,29+,30+,31+/m0/s1. The molecule has 0 aromatic heterocycles. The van der Waals surface area contributed by atoms with Gasteiger partial charge in [0.1, 0.15) is 0 Å². The van der Waals surface area contributed by atoms with Crippen molar-refractivity contribution < 1.29 is 24.9 Å². The number of methoxy groups -OCH3 is 1. The Hall–Kier alpha value is -0.910. The van der Waals surface area contributed by atoms with Crippen LogP contribution >= 0.6 is 0 Å². The second kappa shape index (κ2) is 8.05. The Kier molecular flexibility index (Phi) is 5.97. The number of fused-ring (bicyclic) bond motifs is 7. The highest BCUT2D eigenvalue weighted by Gasteiger charge is 2.69. The Bertz CT molecular complexity index is 961. The minimum absolute atomic E-state index is 0.00694. The number of esters is 1. The first-order valence-corrected chi connectivity index (χ1v) is 14.4. The minimum Gasteiger partial charge on any atom is -0.469 e. The van der Waals surface area contributed by atoms with Crippen LogP contribution in [-0.2, 0) is 9.53 Å². The summed E-state index contributed by atoms with van der Waals surface area (Å²) in [7, 11) is 1.44. The van der Waals surface area contributed by atoms with Crippen molar-refractivity contribution in [3.63, 3.8) is 0 Å². The van der Waals surface area contributed by atoms with E-state index < -0.39 is 23.0 Å². The largest absolute Gasteiger partial charge is 0.469 e. The van der Waals surface area contributed by atoms with Gasteiger partial charge in [0, 0.05) is 5.41 Å². The van der Waals surface area contributed by atoms with E-state index in [1.807, 2.05) is 6.92 Å². The second-order valence-electron chi connectivity index (χ2n) is 15.1. The zero-order valence-corrected chi connectivity index (χ0v) is 23.7. The Morgan fingerprint density at radius 3 is 2.28 bits per heavy atom. The summed E-state index contributed by atoms with van der Waals surface area (Å²) in [6, 6.07) is 0. The van der Waals surface area contributed by atoms with E-state index in [-0.39, 0.29) is 40.2 Å². The topological polar surface area (TPSA) is 87.0 Å². The highest BCUT2D eigenvalue weighted by Crippen LogP contribution is 2.75. The molecule has 5 aliphatic carbocycles. The predicted molar refractivity (Wildman–Crippen MR) is 140 cm³/mol. The van der Waals surface area contributed by atoms with Crippen LogP contribution in [0.25, 0.3) is 0 Å². The summed E-state index contributed by atoms with van der Waals surface area (Å²) in [5.74, 6) is 0.794. The maximum Gasteiger partial charge on any atom is 0.314 e. The summed E-state index contributed by atoms with van der Waals surface area (Å²) in [5.41, 5.74) is 0.457. The van der Waals surface area contributed by atoms with Crippen LogP contribution in [0, 0.1) is 50.2 Å². The smallest absolute Gasteiger partial charge is 0.314 e. The van der Waals surface area contributed by atoms with Crippen molar-refractivity contribution in [2.24, 2.45) is 50.2 Å². The van der Waals surface area contributed by atoms with Gasteiger partial charge in [-0.15, -0.1) is 0 Å². The first kappa shape index (κ1) is 26.7. The number of hydrogen-bond acceptors (Lipinski definition) is 5. The molecule has 0 aromatic rings. The number of rotatable bonds is 2. The van der Waals surface area contributed by atoms with Crippen LogP contribution in [0.5, 0.6) is 0 Å².